The topological polar surface area (TPSA) is 56.1 Å². The zero-order valence-corrected chi connectivity index (χ0v) is 24.1. The molecule has 5 rings (SSSR count). The first kappa shape index (κ1) is 27.4. The van der Waals surface area contributed by atoms with Crippen LogP contribution < -0.4 is 5.32 Å². The van der Waals surface area contributed by atoms with Crippen molar-refractivity contribution in [2.75, 3.05) is 7.05 Å². The summed E-state index contributed by atoms with van der Waals surface area (Å²) in [6, 6.07) is 25.1. The minimum Gasteiger partial charge on any atom is -0.331 e. The molecule has 1 aliphatic carbocycles. The fourth-order valence-electron chi connectivity index (χ4n) is 5.74. The highest BCUT2D eigenvalue weighted by molar-refractivity contribution is 7.21. The smallest absolute Gasteiger partial charge is 0.266 e. The third kappa shape index (κ3) is 5.89. The molecule has 1 aliphatic rings. The number of rotatable bonds is 8. The highest BCUT2D eigenvalue weighted by Gasteiger charge is 2.32. The molecule has 6 heteroatoms. The zero-order chi connectivity index (χ0) is 27.4. The molecule has 0 unspecified atom stereocenters. The summed E-state index contributed by atoms with van der Waals surface area (Å²) in [7, 11) is 2.02. The predicted molar refractivity (Wildman–Crippen MR) is 162 cm³/mol. The van der Waals surface area contributed by atoms with E-state index in [0.29, 0.717) is 28.0 Å². The van der Waals surface area contributed by atoms with Gasteiger partial charge in [0.25, 0.3) is 5.91 Å². The van der Waals surface area contributed by atoms with Gasteiger partial charge in [0.2, 0.25) is 0 Å². The second kappa shape index (κ2) is 12.3. The van der Waals surface area contributed by atoms with E-state index in [2.05, 4.69) is 41.4 Å². The van der Waals surface area contributed by atoms with Crippen LogP contribution in [0.4, 0.5) is 0 Å². The number of nitrogens with zero attached hydrogens (tertiary/aromatic N) is 2. The molecule has 1 aromatic heterocycles. The number of thiophene rings is 1. The molecule has 0 aliphatic heterocycles. The highest BCUT2D eigenvalue weighted by Crippen LogP contribution is 2.38. The molecule has 0 radical (unpaired) electrons. The maximum Gasteiger partial charge on any atom is 0.266 e. The first-order chi connectivity index (χ1) is 19.0. The van der Waals surface area contributed by atoms with Gasteiger partial charge in [-0.05, 0) is 85.7 Å². The molecule has 1 amide bonds. The van der Waals surface area contributed by atoms with Crippen molar-refractivity contribution in [3.63, 3.8) is 0 Å². The SMILES string of the molecule is CCCc1ccc(-c2cccc(C#N)c2)cc1CN(C(=O)c1sc2ccccc2c1Cl)[C@H]1CC[C@H](NC)CC1. The Bertz CT molecular complexity index is 1510. The number of aryl methyl sites for hydroxylation is 1. The van der Waals surface area contributed by atoms with Gasteiger partial charge < -0.3 is 10.2 Å². The summed E-state index contributed by atoms with van der Waals surface area (Å²) >= 11 is 8.32. The van der Waals surface area contributed by atoms with E-state index >= 15 is 0 Å². The third-order valence-electron chi connectivity index (χ3n) is 7.93. The van der Waals surface area contributed by atoms with Crippen LogP contribution in [0.15, 0.2) is 66.7 Å². The number of hydrogen-bond donors (Lipinski definition) is 1. The number of hydrogen-bond acceptors (Lipinski definition) is 4. The average molecular weight is 556 g/mol. The Kier molecular flexibility index (Phi) is 8.67. The van der Waals surface area contributed by atoms with E-state index in [1.807, 2.05) is 55.6 Å². The van der Waals surface area contributed by atoms with Crippen LogP contribution in [-0.2, 0) is 13.0 Å². The van der Waals surface area contributed by atoms with E-state index in [-0.39, 0.29) is 11.9 Å². The van der Waals surface area contributed by atoms with Gasteiger partial charge in [-0.2, -0.15) is 5.26 Å². The summed E-state index contributed by atoms with van der Waals surface area (Å²) in [6.45, 7) is 2.73. The largest absolute Gasteiger partial charge is 0.331 e. The molecule has 1 N–H and O–H groups in total. The summed E-state index contributed by atoms with van der Waals surface area (Å²) in [5, 5.41) is 14.3. The summed E-state index contributed by atoms with van der Waals surface area (Å²) < 4.78 is 1.04. The van der Waals surface area contributed by atoms with Gasteiger partial charge in [-0.25, -0.2) is 0 Å². The quantitative estimate of drug-likeness (QED) is 0.238. The monoisotopic (exact) mass is 555 g/mol. The van der Waals surface area contributed by atoms with Crippen molar-refractivity contribution in [2.45, 2.75) is 64.1 Å². The molecule has 3 aromatic carbocycles. The molecule has 1 heterocycles. The zero-order valence-electron chi connectivity index (χ0n) is 22.5. The van der Waals surface area contributed by atoms with E-state index < -0.39 is 0 Å². The Hall–Kier alpha value is -3.17. The number of fused-ring (bicyclic) bond motifs is 1. The number of carbonyl (C=O) groups excluding carboxylic acids is 1. The van der Waals surface area contributed by atoms with Gasteiger partial charge in [-0.3, -0.25) is 4.79 Å². The van der Waals surface area contributed by atoms with Crippen LogP contribution in [0, 0.1) is 11.3 Å². The summed E-state index contributed by atoms with van der Waals surface area (Å²) in [4.78, 5) is 17.0. The molecule has 4 aromatic rings. The average Bonchev–Trinajstić information content (AvgIpc) is 3.32. The Labute approximate surface area is 240 Å². The van der Waals surface area contributed by atoms with Gasteiger partial charge in [0.15, 0.2) is 0 Å². The number of nitrogens with one attached hydrogen (secondary N) is 1. The van der Waals surface area contributed by atoms with E-state index in [1.54, 1.807) is 0 Å². The van der Waals surface area contributed by atoms with Gasteiger partial charge in [0.1, 0.15) is 4.88 Å². The first-order valence-electron chi connectivity index (χ1n) is 13.8. The lowest BCUT2D eigenvalue weighted by Crippen LogP contribution is -2.44. The van der Waals surface area contributed by atoms with Crippen LogP contribution in [0.3, 0.4) is 0 Å². The maximum absolute atomic E-state index is 14.3. The van der Waals surface area contributed by atoms with Crippen LogP contribution in [0.25, 0.3) is 21.2 Å². The Balaban J connectivity index is 1.54. The Morgan fingerprint density at radius 1 is 1.03 bits per heavy atom. The van der Waals surface area contributed by atoms with Crippen molar-refractivity contribution >= 4 is 38.9 Å². The summed E-state index contributed by atoms with van der Waals surface area (Å²) in [5.74, 6) is 0.0217. The lowest BCUT2D eigenvalue weighted by atomic mass is 9.89. The van der Waals surface area contributed by atoms with Gasteiger partial charge in [-0.15, -0.1) is 11.3 Å². The number of amides is 1. The molecular weight excluding hydrogens is 522 g/mol. The van der Waals surface area contributed by atoms with Crippen LogP contribution in [0.2, 0.25) is 5.02 Å². The standard InChI is InChI=1S/C33H34ClN3OS/c1-3-7-23-12-13-25(24-9-6-8-22(18-24)20-35)19-26(23)21-37(28-16-14-27(36-2)15-17-28)33(38)32-31(34)29-10-4-5-11-30(29)39-32/h4-6,8-13,18-19,27-28,36H,3,7,14-17,21H2,1-2H3/t27-,28-. The second-order valence-electron chi connectivity index (χ2n) is 10.4. The lowest BCUT2D eigenvalue weighted by molar-refractivity contribution is 0.0606. The minimum atomic E-state index is 0.0217. The van der Waals surface area contributed by atoms with E-state index in [1.165, 1.54) is 16.9 Å². The second-order valence-corrected chi connectivity index (χ2v) is 11.8. The highest BCUT2D eigenvalue weighted by atomic mass is 35.5. The molecule has 1 saturated carbocycles. The fraction of sp³-hybridized carbons (Fsp3) is 0.333. The molecule has 4 nitrogen and oxygen atoms in total. The van der Waals surface area contributed by atoms with E-state index in [0.717, 1.165) is 65.3 Å². The van der Waals surface area contributed by atoms with Crippen LogP contribution in [0.1, 0.15) is 65.4 Å². The Morgan fingerprint density at radius 2 is 1.79 bits per heavy atom. The number of halogens is 1. The van der Waals surface area contributed by atoms with Gasteiger partial charge >= 0.3 is 0 Å². The van der Waals surface area contributed by atoms with Crippen molar-refractivity contribution in [1.82, 2.24) is 10.2 Å². The van der Waals surface area contributed by atoms with Crippen molar-refractivity contribution in [3.8, 4) is 17.2 Å². The predicted octanol–water partition coefficient (Wildman–Crippen LogP) is 8.22. The molecule has 0 bridgehead atoms. The van der Waals surface area contributed by atoms with Crippen LogP contribution in [-0.4, -0.2) is 29.9 Å². The third-order valence-corrected chi connectivity index (χ3v) is 9.59. The Morgan fingerprint density at radius 3 is 2.51 bits per heavy atom. The number of carbonyl (C=O) groups is 1. The molecule has 39 heavy (non-hydrogen) atoms. The molecule has 0 atom stereocenters. The lowest BCUT2D eigenvalue weighted by Gasteiger charge is -2.37. The van der Waals surface area contributed by atoms with Crippen molar-refractivity contribution in [1.29, 1.82) is 5.26 Å². The summed E-state index contributed by atoms with van der Waals surface area (Å²) in [5.41, 5.74) is 5.15. The van der Waals surface area contributed by atoms with Crippen molar-refractivity contribution < 1.29 is 4.79 Å². The van der Waals surface area contributed by atoms with Gasteiger partial charge in [0.05, 0.1) is 16.7 Å². The molecular formula is C33H34ClN3OS. The van der Waals surface area contributed by atoms with Crippen molar-refractivity contribution in [2.24, 2.45) is 0 Å². The van der Waals surface area contributed by atoms with Crippen LogP contribution in [0.5, 0.6) is 0 Å². The van der Waals surface area contributed by atoms with Crippen molar-refractivity contribution in [3.05, 3.63) is 93.3 Å². The number of nitriles is 1. The molecule has 200 valence electrons. The van der Waals surface area contributed by atoms with Gasteiger partial charge in [-0.1, -0.05) is 67.4 Å². The first-order valence-corrected chi connectivity index (χ1v) is 15.0. The molecule has 0 saturated heterocycles. The summed E-state index contributed by atoms with van der Waals surface area (Å²) in [6.07, 6.45) is 6.01. The van der Waals surface area contributed by atoms with E-state index in [4.69, 9.17) is 11.6 Å². The number of benzene rings is 3. The van der Waals surface area contributed by atoms with Crippen LogP contribution >= 0.6 is 22.9 Å². The van der Waals surface area contributed by atoms with E-state index in [9.17, 15) is 10.1 Å². The molecule has 1 fully saturated rings. The fourth-order valence-corrected chi connectivity index (χ4v) is 7.21. The minimum absolute atomic E-state index is 0.0217. The molecule has 0 spiro atoms. The van der Waals surface area contributed by atoms with Gasteiger partial charge in [0, 0.05) is 28.7 Å². The maximum atomic E-state index is 14.3. The normalized spacial score (nSPS) is 17.2.